The molecule has 0 atom stereocenters. The van der Waals surface area contributed by atoms with Gasteiger partial charge in [-0.25, -0.2) is 4.39 Å². The Bertz CT molecular complexity index is 397. The largest absolute Gasteiger partial charge is 0.506 e. The van der Waals surface area contributed by atoms with Crippen molar-refractivity contribution >= 4 is 21.4 Å². The van der Waals surface area contributed by atoms with Gasteiger partial charge in [-0.1, -0.05) is 0 Å². The number of phenols is 1. The Labute approximate surface area is 70.9 Å². The summed E-state index contributed by atoms with van der Waals surface area (Å²) in [6.07, 6.45) is 0. The van der Waals surface area contributed by atoms with Crippen LogP contribution in [0.15, 0.2) is 18.2 Å². The zero-order valence-electron chi connectivity index (χ0n) is 5.84. The van der Waals surface area contributed by atoms with Crippen molar-refractivity contribution in [3.05, 3.63) is 29.1 Å². The molecule has 1 heterocycles. The number of aromatic hydroxyl groups is 1. The Morgan fingerprint density at radius 2 is 2.00 bits per heavy atom. The second-order valence-electron chi connectivity index (χ2n) is 2.36. The fraction of sp³-hybridized carbons (Fsp3) is 0. The standard InChI is InChI=1S/C8H4F2OS/c9-5-1-2-6(11)8-4(5)3-7(10)12-8/h1-3,11H. The highest BCUT2D eigenvalue weighted by molar-refractivity contribution is 7.17. The van der Waals surface area contributed by atoms with Gasteiger partial charge in [0.15, 0.2) is 5.13 Å². The lowest BCUT2D eigenvalue weighted by Crippen LogP contribution is -1.73. The molecule has 0 aliphatic heterocycles. The number of hydrogen-bond acceptors (Lipinski definition) is 2. The van der Waals surface area contributed by atoms with Crippen LogP contribution < -0.4 is 0 Å². The summed E-state index contributed by atoms with van der Waals surface area (Å²) in [6, 6.07) is 3.41. The summed E-state index contributed by atoms with van der Waals surface area (Å²) in [5.74, 6) is -0.594. The van der Waals surface area contributed by atoms with Gasteiger partial charge < -0.3 is 5.11 Å². The van der Waals surface area contributed by atoms with Gasteiger partial charge in [-0.15, -0.1) is 11.3 Å². The Morgan fingerprint density at radius 1 is 1.25 bits per heavy atom. The molecule has 0 aliphatic carbocycles. The number of halogens is 2. The van der Waals surface area contributed by atoms with E-state index < -0.39 is 10.9 Å². The predicted molar refractivity (Wildman–Crippen MR) is 43.4 cm³/mol. The molecule has 12 heavy (non-hydrogen) atoms. The monoisotopic (exact) mass is 186 g/mol. The van der Waals surface area contributed by atoms with Gasteiger partial charge in [-0.2, -0.15) is 4.39 Å². The van der Waals surface area contributed by atoms with E-state index in [0.29, 0.717) is 0 Å². The topological polar surface area (TPSA) is 20.2 Å². The maximum atomic E-state index is 12.9. The Hall–Kier alpha value is -1.16. The fourth-order valence-electron chi connectivity index (χ4n) is 1.05. The van der Waals surface area contributed by atoms with E-state index in [1.165, 1.54) is 6.07 Å². The molecule has 0 aliphatic rings. The van der Waals surface area contributed by atoms with Gasteiger partial charge in [0.05, 0.1) is 4.70 Å². The molecule has 0 saturated carbocycles. The number of thiophene rings is 1. The van der Waals surface area contributed by atoms with Crippen molar-refractivity contribution in [3.63, 3.8) is 0 Å². The first-order valence-electron chi connectivity index (χ1n) is 3.25. The first-order chi connectivity index (χ1) is 5.68. The minimum absolute atomic E-state index is 0.0831. The maximum absolute atomic E-state index is 12.9. The number of rotatable bonds is 0. The predicted octanol–water partition coefficient (Wildman–Crippen LogP) is 2.89. The molecule has 0 amide bonds. The zero-order chi connectivity index (χ0) is 8.72. The molecule has 1 N–H and O–H groups in total. The highest BCUT2D eigenvalue weighted by atomic mass is 32.1. The van der Waals surface area contributed by atoms with E-state index in [4.69, 9.17) is 0 Å². The minimum Gasteiger partial charge on any atom is -0.506 e. The lowest BCUT2D eigenvalue weighted by Gasteiger charge is -1.93. The molecule has 2 aromatic rings. The van der Waals surface area contributed by atoms with Crippen LogP contribution in [0.5, 0.6) is 5.75 Å². The number of phenolic OH excluding ortho intramolecular Hbond substituents is 1. The highest BCUT2D eigenvalue weighted by Gasteiger charge is 2.09. The van der Waals surface area contributed by atoms with Crippen molar-refractivity contribution in [2.45, 2.75) is 0 Å². The van der Waals surface area contributed by atoms with Crippen LogP contribution in [0.1, 0.15) is 0 Å². The first kappa shape index (κ1) is 7.49. The van der Waals surface area contributed by atoms with Gasteiger partial charge in [0.25, 0.3) is 0 Å². The van der Waals surface area contributed by atoms with Crippen molar-refractivity contribution in [1.82, 2.24) is 0 Å². The first-order valence-corrected chi connectivity index (χ1v) is 4.06. The van der Waals surface area contributed by atoms with E-state index in [9.17, 15) is 13.9 Å². The molecule has 1 aromatic heterocycles. The molecular weight excluding hydrogens is 182 g/mol. The summed E-state index contributed by atoms with van der Waals surface area (Å²) in [5.41, 5.74) is 0. The van der Waals surface area contributed by atoms with Crippen LogP contribution in [0, 0.1) is 10.9 Å². The van der Waals surface area contributed by atoms with Crippen molar-refractivity contribution < 1.29 is 13.9 Å². The van der Waals surface area contributed by atoms with Crippen LogP contribution in [-0.2, 0) is 0 Å². The van der Waals surface area contributed by atoms with E-state index in [-0.39, 0.29) is 15.8 Å². The molecular formula is C8H4F2OS. The maximum Gasteiger partial charge on any atom is 0.177 e. The van der Waals surface area contributed by atoms with E-state index in [2.05, 4.69) is 0 Å². The van der Waals surface area contributed by atoms with Crippen LogP contribution >= 0.6 is 11.3 Å². The smallest absolute Gasteiger partial charge is 0.177 e. The molecule has 0 saturated heterocycles. The number of fused-ring (bicyclic) bond motifs is 1. The van der Waals surface area contributed by atoms with E-state index in [1.54, 1.807) is 0 Å². The van der Waals surface area contributed by atoms with Gasteiger partial charge in [0, 0.05) is 5.39 Å². The van der Waals surface area contributed by atoms with Crippen molar-refractivity contribution in [2.24, 2.45) is 0 Å². The van der Waals surface area contributed by atoms with E-state index in [1.807, 2.05) is 0 Å². The van der Waals surface area contributed by atoms with Gasteiger partial charge in [-0.3, -0.25) is 0 Å². The molecule has 1 nitrogen and oxygen atoms in total. The third-order valence-electron chi connectivity index (χ3n) is 1.58. The molecule has 0 bridgehead atoms. The summed E-state index contributed by atoms with van der Waals surface area (Å²) < 4.78 is 25.8. The molecule has 1 aromatic carbocycles. The lowest BCUT2D eigenvalue weighted by atomic mass is 10.2. The molecule has 0 fully saturated rings. The third-order valence-corrected chi connectivity index (χ3v) is 2.53. The second-order valence-corrected chi connectivity index (χ2v) is 3.36. The summed E-state index contributed by atoms with van der Waals surface area (Å²) in [5, 5.41) is 8.83. The van der Waals surface area contributed by atoms with Crippen molar-refractivity contribution in [1.29, 1.82) is 0 Å². The highest BCUT2D eigenvalue weighted by Crippen LogP contribution is 2.33. The summed E-state index contributed by atoms with van der Waals surface area (Å²) in [7, 11) is 0. The summed E-state index contributed by atoms with van der Waals surface area (Å²) in [4.78, 5) is 0. The quantitative estimate of drug-likeness (QED) is 0.670. The van der Waals surface area contributed by atoms with E-state index >= 15 is 0 Å². The van der Waals surface area contributed by atoms with Gasteiger partial charge >= 0.3 is 0 Å². The SMILES string of the molecule is Oc1ccc(F)c2cc(F)sc12. The average Bonchev–Trinajstić information content (AvgIpc) is 2.41. The number of benzene rings is 1. The van der Waals surface area contributed by atoms with Crippen molar-refractivity contribution in [2.75, 3.05) is 0 Å². The number of hydrogen-bond donors (Lipinski definition) is 1. The summed E-state index contributed by atoms with van der Waals surface area (Å²) in [6.45, 7) is 0. The van der Waals surface area contributed by atoms with Crippen LogP contribution in [0.2, 0.25) is 0 Å². The lowest BCUT2D eigenvalue weighted by molar-refractivity contribution is 0.481. The van der Waals surface area contributed by atoms with Gasteiger partial charge in [0.1, 0.15) is 11.6 Å². The molecule has 0 spiro atoms. The minimum atomic E-state index is -0.511. The Kier molecular flexibility index (Phi) is 1.51. The van der Waals surface area contributed by atoms with Crippen LogP contribution in [-0.4, -0.2) is 5.11 Å². The third kappa shape index (κ3) is 0.956. The van der Waals surface area contributed by atoms with E-state index in [0.717, 1.165) is 23.5 Å². The van der Waals surface area contributed by atoms with Crippen LogP contribution in [0.25, 0.3) is 10.1 Å². The molecule has 0 unspecified atom stereocenters. The Morgan fingerprint density at radius 3 is 2.67 bits per heavy atom. The van der Waals surface area contributed by atoms with Crippen molar-refractivity contribution in [3.8, 4) is 5.75 Å². The van der Waals surface area contributed by atoms with Gasteiger partial charge in [-0.05, 0) is 18.2 Å². The van der Waals surface area contributed by atoms with Crippen LogP contribution in [0.4, 0.5) is 8.78 Å². The zero-order valence-corrected chi connectivity index (χ0v) is 6.66. The Balaban J connectivity index is 2.93. The van der Waals surface area contributed by atoms with Gasteiger partial charge in [0.2, 0.25) is 0 Å². The average molecular weight is 186 g/mol. The summed E-state index contributed by atoms with van der Waals surface area (Å²) >= 11 is 0.736. The van der Waals surface area contributed by atoms with Crippen LogP contribution in [0.3, 0.4) is 0 Å². The molecule has 62 valence electrons. The second kappa shape index (κ2) is 2.42. The normalized spacial score (nSPS) is 10.8. The fourth-order valence-corrected chi connectivity index (χ4v) is 1.86. The molecule has 2 rings (SSSR count). The molecule has 0 radical (unpaired) electrons. The molecule has 4 heteroatoms.